The Morgan fingerprint density at radius 2 is 2.00 bits per heavy atom. The molecule has 5 rings (SSSR count). The highest BCUT2D eigenvalue weighted by Crippen LogP contribution is 2.37. The Balaban J connectivity index is 1.61. The van der Waals surface area contributed by atoms with Crippen molar-refractivity contribution in [3.8, 4) is 28.0 Å². The first-order chi connectivity index (χ1) is 17.0. The number of nitrogens with one attached hydrogen (secondary N) is 3. The molecule has 1 aliphatic heterocycles. The number of nitrogens with zero attached hydrogens (tertiary/aromatic N) is 2. The van der Waals surface area contributed by atoms with Crippen molar-refractivity contribution in [2.45, 2.75) is 12.5 Å². The molecule has 0 spiro atoms. The van der Waals surface area contributed by atoms with Crippen molar-refractivity contribution >= 4 is 22.6 Å². The number of carbonyl (C=O) groups excluding carboxylic acids is 1. The van der Waals surface area contributed by atoms with Crippen LogP contribution in [0.5, 0.6) is 5.75 Å². The van der Waals surface area contributed by atoms with Gasteiger partial charge in [-0.25, -0.2) is 9.37 Å². The topological polar surface area (TPSA) is 82.3 Å². The Hall–Kier alpha value is -3.91. The molecule has 1 saturated heterocycles. The van der Waals surface area contributed by atoms with E-state index in [9.17, 15) is 4.79 Å². The van der Waals surface area contributed by atoms with E-state index in [0.717, 1.165) is 41.8 Å². The molecule has 8 heteroatoms. The molecule has 0 radical (unpaired) electrons. The molecule has 1 unspecified atom stereocenters. The molecule has 0 bridgehead atoms. The molecule has 3 heterocycles. The van der Waals surface area contributed by atoms with Gasteiger partial charge in [-0.1, -0.05) is 18.2 Å². The summed E-state index contributed by atoms with van der Waals surface area (Å²) < 4.78 is 21.0. The van der Waals surface area contributed by atoms with Crippen LogP contribution in [-0.4, -0.2) is 61.1 Å². The van der Waals surface area contributed by atoms with Crippen LogP contribution in [0.1, 0.15) is 16.8 Å². The number of benzene rings is 2. The van der Waals surface area contributed by atoms with Gasteiger partial charge in [0.05, 0.1) is 18.4 Å². The van der Waals surface area contributed by atoms with Gasteiger partial charge in [0.2, 0.25) is 0 Å². The summed E-state index contributed by atoms with van der Waals surface area (Å²) in [7, 11) is 4.97. The van der Waals surface area contributed by atoms with E-state index < -0.39 is 5.82 Å². The zero-order valence-electron chi connectivity index (χ0n) is 20.0. The van der Waals surface area contributed by atoms with Crippen LogP contribution in [0.3, 0.4) is 0 Å². The lowest BCUT2D eigenvalue weighted by Gasteiger charge is -2.20. The van der Waals surface area contributed by atoms with E-state index in [0.29, 0.717) is 22.3 Å². The highest BCUT2D eigenvalue weighted by molar-refractivity contribution is 6.02. The number of pyridine rings is 1. The van der Waals surface area contributed by atoms with Gasteiger partial charge < -0.3 is 25.3 Å². The molecule has 0 saturated carbocycles. The summed E-state index contributed by atoms with van der Waals surface area (Å²) in [6.07, 6.45) is 4.46. The number of ether oxygens (including phenoxy) is 1. The van der Waals surface area contributed by atoms with Gasteiger partial charge in [-0.2, -0.15) is 0 Å². The Bertz CT molecular complexity index is 1390. The molecule has 2 aromatic carbocycles. The highest BCUT2D eigenvalue weighted by atomic mass is 19.1. The average molecular weight is 474 g/mol. The van der Waals surface area contributed by atoms with Crippen LogP contribution in [0.25, 0.3) is 33.3 Å². The average Bonchev–Trinajstić information content (AvgIpc) is 3.54. The normalized spacial score (nSPS) is 15.4. The Labute approximate surface area is 203 Å². The van der Waals surface area contributed by atoms with Crippen molar-refractivity contribution in [2.24, 2.45) is 0 Å². The van der Waals surface area contributed by atoms with Crippen LogP contribution in [0, 0.1) is 5.82 Å². The van der Waals surface area contributed by atoms with E-state index in [1.54, 1.807) is 33.5 Å². The molecule has 1 aliphatic rings. The maximum atomic E-state index is 15.5. The van der Waals surface area contributed by atoms with Crippen molar-refractivity contribution in [2.75, 3.05) is 39.6 Å². The number of anilines is 1. The SMILES string of the molecule is COc1ccccc1-c1c[nH]c2ncc(-c3cc(F)c(NC4CCNC4)c(C(=O)N(C)C)c3)cc12. The number of rotatable bonds is 6. The van der Waals surface area contributed by atoms with Crippen LogP contribution in [0.15, 0.2) is 54.9 Å². The van der Waals surface area contributed by atoms with Crippen molar-refractivity contribution in [1.29, 1.82) is 0 Å². The summed E-state index contributed by atoms with van der Waals surface area (Å²) in [5.74, 6) is 0.0314. The molecular weight excluding hydrogens is 445 g/mol. The second kappa shape index (κ2) is 9.38. The minimum absolute atomic E-state index is 0.0744. The fourth-order valence-electron chi connectivity index (χ4n) is 4.56. The second-order valence-corrected chi connectivity index (χ2v) is 8.94. The first-order valence-electron chi connectivity index (χ1n) is 11.6. The summed E-state index contributed by atoms with van der Waals surface area (Å²) in [6, 6.07) is 13.0. The molecule has 180 valence electrons. The Morgan fingerprint density at radius 1 is 1.17 bits per heavy atom. The monoisotopic (exact) mass is 473 g/mol. The molecular formula is C27H28FN5O2. The largest absolute Gasteiger partial charge is 0.496 e. The lowest BCUT2D eigenvalue weighted by molar-refractivity contribution is 0.0828. The van der Waals surface area contributed by atoms with E-state index in [-0.39, 0.29) is 17.6 Å². The predicted molar refractivity (Wildman–Crippen MR) is 136 cm³/mol. The Kier molecular flexibility index (Phi) is 6.13. The predicted octanol–water partition coefficient (Wildman–Crippen LogP) is 4.52. The van der Waals surface area contributed by atoms with E-state index in [4.69, 9.17) is 4.74 Å². The number of amides is 1. The molecule has 3 N–H and O–H groups in total. The van der Waals surface area contributed by atoms with Gasteiger partial charge in [-0.05, 0) is 42.8 Å². The van der Waals surface area contributed by atoms with Gasteiger partial charge in [0.15, 0.2) is 0 Å². The number of carbonyl (C=O) groups is 1. The number of aromatic nitrogens is 2. The summed E-state index contributed by atoms with van der Waals surface area (Å²) >= 11 is 0. The molecule has 4 aromatic rings. The van der Waals surface area contributed by atoms with Gasteiger partial charge in [0, 0.05) is 61.2 Å². The minimum atomic E-state index is -0.460. The molecule has 2 aromatic heterocycles. The fraction of sp³-hybridized carbons (Fsp3) is 0.259. The first kappa shape index (κ1) is 22.9. The van der Waals surface area contributed by atoms with Gasteiger partial charge in [-0.3, -0.25) is 4.79 Å². The van der Waals surface area contributed by atoms with Crippen molar-refractivity contribution < 1.29 is 13.9 Å². The van der Waals surface area contributed by atoms with Gasteiger partial charge in [-0.15, -0.1) is 0 Å². The van der Waals surface area contributed by atoms with Crippen LogP contribution in [0.4, 0.5) is 10.1 Å². The Morgan fingerprint density at radius 3 is 2.74 bits per heavy atom. The molecule has 1 atom stereocenters. The van der Waals surface area contributed by atoms with Crippen LogP contribution >= 0.6 is 0 Å². The molecule has 7 nitrogen and oxygen atoms in total. The highest BCUT2D eigenvalue weighted by Gasteiger charge is 2.23. The lowest BCUT2D eigenvalue weighted by Crippen LogP contribution is -2.27. The van der Waals surface area contributed by atoms with E-state index in [1.165, 1.54) is 11.0 Å². The first-order valence-corrected chi connectivity index (χ1v) is 11.6. The van der Waals surface area contributed by atoms with Crippen molar-refractivity contribution in [1.82, 2.24) is 20.2 Å². The molecule has 35 heavy (non-hydrogen) atoms. The minimum Gasteiger partial charge on any atom is -0.496 e. The number of hydrogen-bond acceptors (Lipinski definition) is 5. The second-order valence-electron chi connectivity index (χ2n) is 8.94. The van der Waals surface area contributed by atoms with E-state index in [1.807, 2.05) is 36.5 Å². The summed E-state index contributed by atoms with van der Waals surface area (Å²) in [5.41, 5.74) is 4.43. The third-order valence-corrected chi connectivity index (χ3v) is 6.40. The lowest BCUT2D eigenvalue weighted by atomic mass is 9.98. The molecule has 1 amide bonds. The number of methoxy groups -OCH3 is 1. The molecule has 0 aliphatic carbocycles. The van der Waals surface area contributed by atoms with Crippen molar-refractivity contribution in [3.05, 3.63) is 66.2 Å². The third-order valence-electron chi connectivity index (χ3n) is 6.40. The fourth-order valence-corrected chi connectivity index (χ4v) is 4.56. The zero-order valence-corrected chi connectivity index (χ0v) is 20.0. The maximum absolute atomic E-state index is 15.5. The standard InChI is InChI=1S/C27H28FN5O2/c1-33(2)27(34)21-10-16(12-23(28)25(21)32-18-8-9-29-14-18)17-11-20-22(15-31-26(20)30-13-17)19-6-4-5-7-24(19)35-3/h4-7,10-13,15,18,29,32H,8-9,14H2,1-3H3,(H,30,31). The molecule has 1 fully saturated rings. The number of fused-ring (bicyclic) bond motifs is 1. The number of H-pyrrole nitrogens is 1. The summed E-state index contributed by atoms with van der Waals surface area (Å²) in [6.45, 7) is 1.60. The maximum Gasteiger partial charge on any atom is 0.255 e. The smallest absolute Gasteiger partial charge is 0.255 e. The number of aromatic amines is 1. The number of para-hydroxylation sites is 1. The van der Waals surface area contributed by atoms with Crippen LogP contribution in [-0.2, 0) is 0 Å². The quantitative estimate of drug-likeness (QED) is 0.384. The van der Waals surface area contributed by atoms with Gasteiger partial charge in [0.1, 0.15) is 17.2 Å². The van der Waals surface area contributed by atoms with E-state index >= 15 is 4.39 Å². The third kappa shape index (κ3) is 4.33. The van der Waals surface area contributed by atoms with E-state index in [2.05, 4.69) is 20.6 Å². The van der Waals surface area contributed by atoms with Crippen LogP contribution < -0.4 is 15.4 Å². The van der Waals surface area contributed by atoms with Gasteiger partial charge in [0.25, 0.3) is 5.91 Å². The van der Waals surface area contributed by atoms with Crippen LogP contribution in [0.2, 0.25) is 0 Å². The number of halogens is 1. The summed E-state index contributed by atoms with van der Waals surface area (Å²) in [4.78, 5) is 22.3. The summed E-state index contributed by atoms with van der Waals surface area (Å²) in [5, 5.41) is 7.38. The zero-order chi connectivity index (χ0) is 24.5. The van der Waals surface area contributed by atoms with Gasteiger partial charge >= 0.3 is 0 Å². The van der Waals surface area contributed by atoms with Crippen molar-refractivity contribution in [3.63, 3.8) is 0 Å². The number of hydrogen-bond donors (Lipinski definition) is 3.